The number of anilines is 1. The van der Waals surface area contributed by atoms with Gasteiger partial charge in [-0.3, -0.25) is 4.79 Å². The molecule has 1 unspecified atom stereocenters. The van der Waals surface area contributed by atoms with Gasteiger partial charge in [-0.2, -0.15) is 5.26 Å². The third-order valence-electron chi connectivity index (χ3n) is 2.98. The molecule has 0 aromatic heterocycles. The number of nitrogens with zero attached hydrogens (tertiary/aromatic N) is 1. The van der Waals surface area contributed by atoms with Gasteiger partial charge >= 0.3 is 0 Å². The van der Waals surface area contributed by atoms with E-state index in [1.54, 1.807) is 24.3 Å². The summed E-state index contributed by atoms with van der Waals surface area (Å²) in [6, 6.07) is 17.0. The van der Waals surface area contributed by atoms with E-state index >= 15 is 0 Å². The number of hydrogen-bond donors (Lipinski definition) is 1. The fraction of sp³-hybridized carbons (Fsp3) is 0.176. The van der Waals surface area contributed by atoms with Crippen LogP contribution >= 0.6 is 11.8 Å². The highest BCUT2D eigenvalue weighted by Gasteiger charge is 2.14. The van der Waals surface area contributed by atoms with Crippen molar-refractivity contribution in [3.05, 3.63) is 59.7 Å². The van der Waals surface area contributed by atoms with E-state index in [0.29, 0.717) is 11.3 Å². The Bertz CT molecular complexity index is 657. The molecule has 0 aliphatic carbocycles. The van der Waals surface area contributed by atoms with E-state index in [1.807, 2.05) is 38.1 Å². The van der Waals surface area contributed by atoms with Crippen LogP contribution in [-0.4, -0.2) is 11.2 Å². The zero-order chi connectivity index (χ0) is 15.2. The highest BCUT2D eigenvalue weighted by molar-refractivity contribution is 8.00. The maximum absolute atomic E-state index is 12.1. The van der Waals surface area contributed by atoms with E-state index in [4.69, 9.17) is 5.26 Å². The zero-order valence-electron chi connectivity index (χ0n) is 12.0. The summed E-state index contributed by atoms with van der Waals surface area (Å²) in [5, 5.41) is 11.4. The average Bonchev–Trinajstić information content (AvgIpc) is 2.50. The minimum absolute atomic E-state index is 0.0507. The van der Waals surface area contributed by atoms with Crippen molar-refractivity contribution in [3.8, 4) is 6.07 Å². The van der Waals surface area contributed by atoms with Crippen LogP contribution in [0.3, 0.4) is 0 Å². The molecule has 21 heavy (non-hydrogen) atoms. The first kappa shape index (κ1) is 15.1. The Morgan fingerprint density at radius 3 is 2.33 bits per heavy atom. The van der Waals surface area contributed by atoms with Crippen LogP contribution in [0.2, 0.25) is 0 Å². The Balaban J connectivity index is 1.95. The Hall–Kier alpha value is -2.25. The van der Waals surface area contributed by atoms with Gasteiger partial charge < -0.3 is 5.32 Å². The molecule has 3 nitrogen and oxygen atoms in total. The summed E-state index contributed by atoms with van der Waals surface area (Å²) in [6.07, 6.45) is 0. The van der Waals surface area contributed by atoms with Crippen molar-refractivity contribution in [1.29, 1.82) is 5.26 Å². The van der Waals surface area contributed by atoms with Crippen LogP contribution in [0.15, 0.2) is 53.4 Å². The first-order valence-corrected chi connectivity index (χ1v) is 7.51. The molecule has 0 radical (unpaired) electrons. The summed E-state index contributed by atoms with van der Waals surface area (Å²) in [6.45, 7) is 3.92. The Labute approximate surface area is 129 Å². The van der Waals surface area contributed by atoms with Gasteiger partial charge in [0.2, 0.25) is 5.91 Å². The number of carbonyl (C=O) groups excluding carboxylic acids is 1. The maximum Gasteiger partial charge on any atom is 0.237 e. The standard InChI is InChI=1S/C17H16N2OS/c1-12-3-9-16(10-4-12)21-13(2)17(20)19-15-7-5-14(11-18)6-8-15/h3-10,13H,1-2H3,(H,19,20). The lowest BCUT2D eigenvalue weighted by molar-refractivity contribution is -0.115. The Morgan fingerprint density at radius 1 is 1.14 bits per heavy atom. The summed E-state index contributed by atoms with van der Waals surface area (Å²) in [5.41, 5.74) is 2.49. The summed E-state index contributed by atoms with van der Waals surface area (Å²) in [4.78, 5) is 13.2. The van der Waals surface area contributed by atoms with Gasteiger partial charge in [-0.25, -0.2) is 0 Å². The van der Waals surface area contributed by atoms with Crippen molar-refractivity contribution >= 4 is 23.4 Å². The van der Waals surface area contributed by atoms with Gasteiger partial charge in [0.1, 0.15) is 0 Å². The van der Waals surface area contributed by atoms with Gasteiger partial charge in [0, 0.05) is 10.6 Å². The Kier molecular flexibility index (Phi) is 5.02. The van der Waals surface area contributed by atoms with Gasteiger partial charge in [-0.05, 0) is 50.2 Å². The molecule has 2 aromatic rings. The summed E-state index contributed by atoms with van der Waals surface area (Å²) >= 11 is 1.52. The van der Waals surface area contributed by atoms with Crippen LogP contribution in [0.25, 0.3) is 0 Å². The van der Waals surface area contributed by atoms with E-state index in [1.165, 1.54) is 17.3 Å². The largest absolute Gasteiger partial charge is 0.325 e. The van der Waals surface area contributed by atoms with Crippen LogP contribution in [0.5, 0.6) is 0 Å². The lowest BCUT2D eigenvalue weighted by atomic mass is 10.2. The Morgan fingerprint density at radius 2 is 1.76 bits per heavy atom. The minimum atomic E-state index is -0.191. The number of hydrogen-bond acceptors (Lipinski definition) is 3. The van der Waals surface area contributed by atoms with Crippen LogP contribution in [0, 0.1) is 18.3 Å². The van der Waals surface area contributed by atoms with Gasteiger partial charge in [-0.15, -0.1) is 11.8 Å². The van der Waals surface area contributed by atoms with Crippen molar-refractivity contribution in [2.75, 3.05) is 5.32 Å². The van der Waals surface area contributed by atoms with Crippen molar-refractivity contribution in [2.45, 2.75) is 24.0 Å². The quantitative estimate of drug-likeness (QED) is 0.868. The number of carbonyl (C=O) groups is 1. The molecule has 4 heteroatoms. The molecule has 1 amide bonds. The minimum Gasteiger partial charge on any atom is -0.325 e. The fourth-order valence-corrected chi connectivity index (χ4v) is 2.61. The molecule has 1 N–H and O–H groups in total. The molecule has 0 aliphatic heterocycles. The monoisotopic (exact) mass is 296 g/mol. The van der Waals surface area contributed by atoms with Crippen molar-refractivity contribution in [1.82, 2.24) is 0 Å². The molecule has 1 atom stereocenters. The van der Waals surface area contributed by atoms with Crippen molar-refractivity contribution in [3.63, 3.8) is 0 Å². The van der Waals surface area contributed by atoms with Gasteiger partial charge in [-0.1, -0.05) is 17.7 Å². The highest BCUT2D eigenvalue weighted by Crippen LogP contribution is 2.24. The smallest absolute Gasteiger partial charge is 0.237 e. The third-order valence-corrected chi connectivity index (χ3v) is 4.10. The number of benzene rings is 2. The lowest BCUT2D eigenvalue weighted by Crippen LogP contribution is -2.22. The van der Waals surface area contributed by atoms with Gasteiger partial charge in [0.25, 0.3) is 0 Å². The van der Waals surface area contributed by atoms with E-state index in [9.17, 15) is 4.79 Å². The van der Waals surface area contributed by atoms with Crippen LogP contribution in [-0.2, 0) is 4.79 Å². The van der Waals surface area contributed by atoms with E-state index in [2.05, 4.69) is 11.4 Å². The number of thioether (sulfide) groups is 1. The number of aryl methyl sites for hydroxylation is 1. The SMILES string of the molecule is Cc1ccc(SC(C)C(=O)Nc2ccc(C#N)cc2)cc1. The number of amides is 1. The molecule has 2 rings (SSSR count). The number of nitrogens with one attached hydrogen (secondary N) is 1. The molecular formula is C17H16N2OS. The number of rotatable bonds is 4. The molecule has 0 spiro atoms. The van der Waals surface area contributed by atoms with E-state index < -0.39 is 0 Å². The molecule has 106 valence electrons. The second-order valence-electron chi connectivity index (χ2n) is 4.75. The van der Waals surface area contributed by atoms with Crippen LogP contribution in [0.4, 0.5) is 5.69 Å². The number of nitriles is 1. The van der Waals surface area contributed by atoms with E-state index in [-0.39, 0.29) is 11.2 Å². The van der Waals surface area contributed by atoms with Crippen molar-refractivity contribution in [2.24, 2.45) is 0 Å². The summed E-state index contributed by atoms with van der Waals surface area (Å²) < 4.78 is 0. The molecular weight excluding hydrogens is 280 g/mol. The topological polar surface area (TPSA) is 52.9 Å². The first-order chi connectivity index (χ1) is 10.1. The predicted octanol–water partition coefficient (Wildman–Crippen LogP) is 3.99. The molecule has 0 bridgehead atoms. The van der Waals surface area contributed by atoms with Crippen LogP contribution < -0.4 is 5.32 Å². The van der Waals surface area contributed by atoms with Gasteiger partial charge in [0.15, 0.2) is 0 Å². The summed E-state index contributed by atoms with van der Waals surface area (Å²) in [7, 11) is 0. The molecule has 0 heterocycles. The molecule has 0 aliphatic rings. The summed E-state index contributed by atoms with van der Waals surface area (Å²) in [5.74, 6) is -0.0507. The van der Waals surface area contributed by atoms with Crippen molar-refractivity contribution < 1.29 is 4.79 Å². The van der Waals surface area contributed by atoms with Gasteiger partial charge in [0.05, 0.1) is 16.9 Å². The third kappa shape index (κ3) is 4.37. The second kappa shape index (κ2) is 6.96. The highest BCUT2D eigenvalue weighted by atomic mass is 32.2. The predicted molar refractivity (Wildman–Crippen MR) is 86.3 cm³/mol. The normalized spacial score (nSPS) is 11.5. The first-order valence-electron chi connectivity index (χ1n) is 6.63. The molecule has 0 fully saturated rings. The molecule has 0 saturated heterocycles. The van der Waals surface area contributed by atoms with E-state index in [0.717, 1.165) is 4.90 Å². The lowest BCUT2D eigenvalue weighted by Gasteiger charge is -2.12. The molecule has 2 aromatic carbocycles. The fourth-order valence-electron chi connectivity index (χ4n) is 1.75. The molecule has 0 saturated carbocycles. The maximum atomic E-state index is 12.1. The van der Waals surface area contributed by atoms with Crippen LogP contribution in [0.1, 0.15) is 18.1 Å². The average molecular weight is 296 g/mol. The zero-order valence-corrected chi connectivity index (χ0v) is 12.8. The second-order valence-corrected chi connectivity index (χ2v) is 6.17.